The monoisotopic (exact) mass is 796 g/mol. The number of carbonyl (C=O) groups is 2. The number of fused-ring (bicyclic) bond motifs is 1. The van der Waals surface area contributed by atoms with Crippen LogP contribution in [0.2, 0.25) is 0 Å². The molecule has 3 aromatic carbocycles. The van der Waals surface area contributed by atoms with E-state index >= 15 is 0 Å². The maximum atomic E-state index is 14.3. The van der Waals surface area contributed by atoms with Gasteiger partial charge < -0.3 is 30.2 Å². The summed E-state index contributed by atoms with van der Waals surface area (Å²) in [5.74, 6) is 0.553. The van der Waals surface area contributed by atoms with Gasteiger partial charge in [0.05, 0.1) is 45.6 Å². The van der Waals surface area contributed by atoms with E-state index in [1.54, 1.807) is 33.1 Å². The summed E-state index contributed by atoms with van der Waals surface area (Å²) in [6, 6.07) is 21.8. The van der Waals surface area contributed by atoms with E-state index < -0.39 is 18.2 Å². The maximum Gasteiger partial charge on any atom is 0.248 e. The number of β-amino-alcohol motifs (C(OH)–C–C–N with tert-alkyl or cyclic N) is 1. The second-order valence-corrected chi connectivity index (χ2v) is 17.4. The molecule has 3 aromatic heterocycles. The van der Waals surface area contributed by atoms with E-state index in [0.29, 0.717) is 11.3 Å². The minimum Gasteiger partial charge on any atom is -0.507 e. The van der Waals surface area contributed by atoms with E-state index in [0.717, 1.165) is 83.1 Å². The molecule has 1 saturated carbocycles. The Morgan fingerprint density at radius 1 is 0.948 bits per heavy atom. The Bertz CT molecular complexity index is 2520. The van der Waals surface area contributed by atoms with Crippen molar-refractivity contribution < 1.29 is 19.8 Å². The normalized spacial score (nSPS) is 20.8. The zero-order valence-electron chi connectivity index (χ0n) is 32.3. The number of aromatic hydroxyl groups is 1. The van der Waals surface area contributed by atoms with Crippen molar-refractivity contribution in [2.75, 3.05) is 42.5 Å². The fourth-order valence-corrected chi connectivity index (χ4v) is 9.79. The van der Waals surface area contributed by atoms with Gasteiger partial charge in [0.15, 0.2) is 5.82 Å². The van der Waals surface area contributed by atoms with Crippen LogP contribution < -0.4 is 15.1 Å². The van der Waals surface area contributed by atoms with Crippen LogP contribution in [0.5, 0.6) is 5.75 Å². The lowest BCUT2D eigenvalue weighted by Crippen LogP contribution is -2.72. The number of likely N-dealkylation sites (tertiary alicyclic amines) is 1. The van der Waals surface area contributed by atoms with Crippen molar-refractivity contribution in [2.24, 2.45) is 11.3 Å². The first-order valence-corrected chi connectivity index (χ1v) is 20.8. The Balaban J connectivity index is 0.765. The number of hydrogen-bond donors (Lipinski definition) is 3. The van der Waals surface area contributed by atoms with Gasteiger partial charge in [0.2, 0.25) is 11.8 Å². The summed E-state index contributed by atoms with van der Waals surface area (Å²) in [7, 11) is 0. The van der Waals surface area contributed by atoms with Gasteiger partial charge in [-0.1, -0.05) is 47.7 Å². The average molecular weight is 797 g/mol. The van der Waals surface area contributed by atoms with Gasteiger partial charge in [0.25, 0.3) is 0 Å². The predicted octanol–water partition coefficient (Wildman–Crippen LogP) is 5.14. The summed E-state index contributed by atoms with van der Waals surface area (Å²) in [6.07, 6.45) is 3.07. The highest BCUT2D eigenvalue weighted by Crippen LogP contribution is 2.45. The highest BCUT2D eigenvalue weighted by molar-refractivity contribution is 7.13. The molecule has 10 rings (SSSR count). The van der Waals surface area contributed by atoms with E-state index in [9.17, 15) is 19.8 Å². The van der Waals surface area contributed by atoms with Crippen LogP contribution in [-0.4, -0.2) is 102 Å². The number of phenols is 1. The summed E-state index contributed by atoms with van der Waals surface area (Å²) in [4.78, 5) is 39.6. The van der Waals surface area contributed by atoms with E-state index in [4.69, 9.17) is 0 Å². The summed E-state index contributed by atoms with van der Waals surface area (Å²) >= 11 is 1.60. The molecule has 3 saturated heterocycles. The average Bonchev–Trinajstić information content (AvgIpc) is 3.53. The third kappa shape index (κ3) is 6.61. The van der Waals surface area contributed by atoms with Crippen molar-refractivity contribution in [3.63, 3.8) is 0 Å². The van der Waals surface area contributed by atoms with Gasteiger partial charge in [-0.25, -0.2) is 9.67 Å². The largest absolute Gasteiger partial charge is 0.507 e. The van der Waals surface area contributed by atoms with Crippen LogP contribution in [0.1, 0.15) is 49.5 Å². The summed E-state index contributed by atoms with van der Waals surface area (Å²) in [6.45, 7) is 7.53. The molecule has 296 valence electrons. The molecule has 2 amide bonds. The van der Waals surface area contributed by atoms with Crippen LogP contribution in [0.4, 0.5) is 11.5 Å². The van der Waals surface area contributed by atoms with Gasteiger partial charge in [-0.05, 0) is 74.1 Å². The fraction of sp³-hybridized carbons (Fsp3) is 0.372. The number of aromatic nitrogens is 6. The first-order valence-electron chi connectivity index (χ1n) is 19.9. The number of benzene rings is 3. The molecule has 0 unspecified atom stereocenters. The van der Waals surface area contributed by atoms with Crippen molar-refractivity contribution in [3.05, 3.63) is 95.8 Å². The van der Waals surface area contributed by atoms with Crippen LogP contribution in [0.15, 0.2) is 84.5 Å². The molecule has 4 atom stereocenters. The van der Waals surface area contributed by atoms with E-state index in [2.05, 4.69) is 58.8 Å². The van der Waals surface area contributed by atoms with Gasteiger partial charge in [0, 0.05) is 61.2 Å². The number of para-hydroxylation sites is 1. The number of nitrogens with one attached hydrogen (secondary N) is 1. The smallest absolute Gasteiger partial charge is 0.248 e. The molecule has 6 aromatic rings. The zero-order valence-corrected chi connectivity index (χ0v) is 33.1. The summed E-state index contributed by atoms with van der Waals surface area (Å²) in [5, 5.41) is 42.9. The number of aliphatic hydroxyl groups excluding tert-OH is 1. The number of nitrogens with zero attached hydrogens (tertiary/aromatic N) is 9. The van der Waals surface area contributed by atoms with Crippen molar-refractivity contribution in [1.29, 1.82) is 0 Å². The number of amides is 2. The van der Waals surface area contributed by atoms with Crippen molar-refractivity contribution in [2.45, 2.75) is 57.3 Å². The predicted molar refractivity (Wildman–Crippen MR) is 220 cm³/mol. The molecule has 6 heterocycles. The van der Waals surface area contributed by atoms with Gasteiger partial charge in [0.1, 0.15) is 17.8 Å². The Labute approximate surface area is 339 Å². The molecule has 4 fully saturated rings. The second kappa shape index (κ2) is 14.2. The molecule has 58 heavy (non-hydrogen) atoms. The Morgan fingerprint density at radius 2 is 1.72 bits per heavy atom. The van der Waals surface area contributed by atoms with Gasteiger partial charge in [-0.2, -0.15) is 0 Å². The lowest BCUT2D eigenvalue weighted by Gasteiger charge is -2.61. The lowest BCUT2D eigenvalue weighted by atomic mass is 9.72. The number of anilines is 2. The van der Waals surface area contributed by atoms with Crippen LogP contribution in [0.3, 0.4) is 0 Å². The number of hydrogen-bond acceptors (Lipinski definition) is 12. The zero-order chi connectivity index (χ0) is 39.7. The minimum absolute atomic E-state index is 0.104. The minimum atomic E-state index is -0.784. The third-order valence-corrected chi connectivity index (χ3v) is 13.3. The SMILES string of the molecule is Cc1ncsc1-c1ccc([C@H](C)NC(=O)[C@@H]2C[C@@H](O)CN2C(=O)[C@H](C2CC2)n2cc(N3CC4(CN(c5ccc6cc(-c7ccccc7O)nnc6c5)C4)C3)nn2)cc1. The summed E-state index contributed by atoms with van der Waals surface area (Å²) in [5.41, 5.74) is 8.20. The highest BCUT2D eigenvalue weighted by Gasteiger charge is 2.53. The number of aliphatic hydroxyl groups is 1. The number of thiazole rings is 1. The maximum absolute atomic E-state index is 14.3. The van der Waals surface area contributed by atoms with E-state index in [1.165, 1.54) is 0 Å². The Morgan fingerprint density at radius 3 is 2.47 bits per heavy atom. The fourth-order valence-electron chi connectivity index (χ4n) is 8.98. The molecule has 3 aliphatic heterocycles. The topological polar surface area (TPSA) is 166 Å². The molecular formula is C43H44N10O4S. The molecule has 1 aliphatic carbocycles. The molecule has 0 radical (unpaired) electrons. The molecule has 4 aliphatic rings. The van der Waals surface area contributed by atoms with Gasteiger partial charge in [-0.15, -0.1) is 26.6 Å². The molecule has 14 nitrogen and oxygen atoms in total. The lowest BCUT2D eigenvalue weighted by molar-refractivity contribution is -0.142. The first kappa shape index (κ1) is 36.4. The van der Waals surface area contributed by atoms with Gasteiger partial charge >= 0.3 is 0 Å². The van der Waals surface area contributed by atoms with Crippen LogP contribution >= 0.6 is 11.3 Å². The molecule has 3 N–H and O–H groups in total. The quantitative estimate of drug-likeness (QED) is 0.168. The first-order chi connectivity index (χ1) is 28.1. The highest BCUT2D eigenvalue weighted by atomic mass is 32.1. The molecular weight excluding hydrogens is 753 g/mol. The number of phenolic OH excluding ortho intramolecular Hbond substituents is 1. The van der Waals surface area contributed by atoms with Crippen molar-refractivity contribution >= 4 is 45.6 Å². The van der Waals surface area contributed by atoms with E-state index in [1.807, 2.05) is 68.0 Å². The number of rotatable bonds is 10. The second-order valence-electron chi connectivity index (χ2n) is 16.6. The van der Waals surface area contributed by atoms with Gasteiger partial charge in [-0.3, -0.25) is 9.59 Å². The van der Waals surface area contributed by atoms with E-state index in [-0.39, 0.29) is 47.9 Å². The number of carbonyl (C=O) groups excluding carboxylic acids is 2. The van der Waals surface area contributed by atoms with Crippen molar-refractivity contribution in [3.8, 4) is 27.4 Å². The molecule has 15 heteroatoms. The third-order valence-electron chi connectivity index (χ3n) is 12.3. The standard InChI is InChI=1S/C43H44N10O4S/c1-25(27-7-11-29(12-8-27)40-26(2)44-24-58-40)45-41(56)36-17-32(54)18-52(36)42(57)39(28-9-10-28)53-19-38(48-49-53)51-22-43(23-51)20-50(21-43)31-14-13-30-15-35(47-46-34(30)16-31)33-5-3-4-6-37(33)55/h3-8,11-16,19,24-25,28,32,36,39,54-55H,9-10,17-18,20-23H2,1-2H3,(H,45,56)/t25-,32+,36-,39-/m0/s1. The van der Waals surface area contributed by atoms with Crippen molar-refractivity contribution in [1.82, 2.24) is 40.4 Å². The Kier molecular flexibility index (Phi) is 8.89. The molecule has 1 spiro atoms. The number of aryl methyl sites for hydroxylation is 1. The summed E-state index contributed by atoms with van der Waals surface area (Å²) < 4.78 is 1.68. The van der Waals surface area contributed by atoms with Crippen LogP contribution in [-0.2, 0) is 9.59 Å². The van der Waals surface area contributed by atoms with Crippen LogP contribution in [0.25, 0.3) is 32.6 Å². The van der Waals surface area contributed by atoms with Crippen LogP contribution in [0, 0.1) is 18.3 Å². The Hall–Kier alpha value is -5.93. The molecule has 0 bridgehead atoms.